The minimum absolute atomic E-state index is 0.162. The standard InChI is InChI=1S/C11H14N2O4/c12-8(11(14)15)6-13-7-1-2-9-10(5-7)17-4-3-16-9/h1-2,5,8,13H,3-4,6,12H2,(H,14,15). The SMILES string of the molecule is NC(CNc1ccc2c(c1)OCCO2)C(=O)O. The van der Waals surface area contributed by atoms with E-state index in [2.05, 4.69) is 5.32 Å². The number of carbonyl (C=O) groups is 1. The van der Waals surface area contributed by atoms with Crippen LogP contribution >= 0.6 is 0 Å². The van der Waals surface area contributed by atoms with Gasteiger partial charge in [0.1, 0.15) is 19.3 Å². The first-order valence-corrected chi connectivity index (χ1v) is 5.29. The molecule has 0 spiro atoms. The molecule has 0 saturated heterocycles. The molecule has 0 aromatic heterocycles. The van der Waals surface area contributed by atoms with E-state index in [-0.39, 0.29) is 6.54 Å². The molecule has 0 fully saturated rings. The van der Waals surface area contributed by atoms with Gasteiger partial charge in [0.05, 0.1) is 0 Å². The van der Waals surface area contributed by atoms with E-state index in [1.54, 1.807) is 18.2 Å². The molecule has 17 heavy (non-hydrogen) atoms. The number of aliphatic carboxylic acids is 1. The largest absolute Gasteiger partial charge is 0.486 e. The van der Waals surface area contributed by atoms with Gasteiger partial charge in [-0.1, -0.05) is 0 Å². The van der Waals surface area contributed by atoms with Gasteiger partial charge < -0.3 is 25.6 Å². The van der Waals surface area contributed by atoms with Gasteiger partial charge in [-0.05, 0) is 12.1 Å². The van der Waals surface area contributed by atoms with Gasteiger partial charge in [-0.15, -0.1) is 0 Å². The number of hydrogen-bond acceptors (Lipinski definition) is 5. The quantitative estimate of drug-likeness (QED) is 0.697. The summed E-state index contributed by atoms with van der Waals surface area (Å²) in [7, 11) is 0. The van der Waals surface area contributed by atoms with Crippen LogP contribution in [0.2, 0.25) is 0 Å². The lowest BCUT2D eigenvalue weighted by Gasteiger charge is -2.19. The van der Waals surface area contributed by atoms with E-state index in [4.69, 9.17) is 20.3 Å². The lowest BCUT2D eigenvalue weighted by Crippen LogP contribution is -2.36. The van der Waals surface area contributed by atoms with Crippen LogP contribution in [-0.2, 0) is 4.79 Å². The first-order chi connectivity index (χ1) is 8.16. The van der Waals surface area contributed by atoms with Gasteiger partial charge in [0.15, 0.2) is 11.5 Å². The van der Waals surface area contributed by atoms with Gasteiger partial charge >= 0.3 is 5.97 Å². The van der Waals surface area contributed by atoms with Crippen molar-refractivity contribution < 1.29 is 19.4 Å². The first-order valence-electron chi connectivity index (χ1n) is 5.29. The molecule has 6 nitrogen and oxygen atoms in total. The van der Waals surface area contributed by atoms with E-state index < -0.39 is 12.0 Å². The fourth-order valence-electron chi connectivity index (χ4n) is 1.47. The van der Waals surface area contributed by atoms with E-state index in [1.807, 2.05) is 0 Å². The number of rotatable bonds is 4. The Morgan fingerprint density at radius 3 is 2.82 bits per heavy atom. The zero-order valence-electron chi connectivity index (χ0n) is 9.18. The second-order valence-electron chi connectivity index (χ2n) is 3.68. The number of carboxylic acids is 1. The Morgan fingerprint density at radius 1 is 1.41 bits per heavy atom. The van der Waals surface area contributed by atoms with Crippen molar-refractivity contribution in [3.05, 3.63) is 18.2 Å². The molecule has 2 rings (SSSR count). The highest BCUT2D eigenvalue weighted by atomic mass is 16.6. The maximum absolute atomic E-state index is 10.5. The molecule has 1 atom stereocenters. The van der Waals surface area contributed by atoms with Crippen LogP contribution in [0.25, 0.3) is 0 Å². The molecule has 1 unspecified atom stereocenters. The first kappa shape index (κ1) is 11.5. The molecule has 92 valence electrons. The highest BCUT2D eigenvalue weighted by molar-refractivity contribution is 5.74. The number of carboxylic acid groups (broad SMARTS) is 1. The van der Waals surface area contributed by atoms with E-state index in [0.29, 0.717) is 24.7 Å². The number of nitrogens with two attached hydrogens (primary N) is 1. The Hall–Kier alpha value is -1.95. The van der Waals surface area contributed by atoms with Crippen LogP contribution in [0, 0.1) is 0 Å². The zero-order valence-corrected chi connectivity index (χ0v) is 9.18. The van der Waals surface area contributed by atoms with Crippen LogP contribution in [0.5, 0.6) is 11.5 Å². The third kappa shape index (κ3) is 2.79. The summed E-state index contributed by atoms with van der Waals surface area (Å²) >= 11 is 0. The van der Waals surface area contributed by atoms with Crippen LogP contribution in [0.15, 0.2) is 18.2 Å². The van der Waals surface area contributed by atoms with Gasteiger partial charge in [0, 0.05) is 18.3 Å². The van der Waals surface area contributed by atoms with Crippen molar-refractivity contribution in [2.45, 2.75) is 6.04 Å². The molecule has 0 radical (unpaired) electrons. The van der Waals surface area contributed by atoms with Crippen molar-refractivity contribution in [3.8, 4) is 11.5 Å². The summed E-state index contributed by atoms with van der Waals surface area (Å²) in [5.74, 6) is 0.324. The Kier molecular flexibility index (Phi) is 3.34. The molecule has 4 N–H and O–H groups in total. The van der Waals surface area contributed by atoms with Gasteiger partial charge in [-0.25, -0.2) is 0 Å². The summed E-state index contributed by atoms with van der Waals surface area (Å²) in [5.41, 5.74) is 6.14. The second kappa shape index (κ2) is 4.92. The molecule has 6 heteroatoms. The molecular weight excluding hydrogens is 224 g/mol. The fourth-order valence-corrected chi connectivity index (χ4v) is 1.47. The number of nitrogens with one attached hydrogen (secondary N) is 1. The lowest BCUT2D eigenvalue weighted by atomic mass is 10.2. The second-order valence-corrected chi connectivity index (χ2v) is 3.68. The normalized spacial score (nSPS) is 15.1. The number of fused-ring (bicyclic) bond motifs is 1. The number of hydrogen-bond donors (Lipinski definition) is 3. The predicted octanol–water partition coefficient (Wildman–Crippen LogP) is 0.282. The molecule has 1 aliphatic rings. The maximum Gasteiger partial charge on any atom is 0.322 e. The molecular formula is C11H14N2O4. The average molecular weight is 238 g/mol. The highest BCUT2D eigenvalue weighted by Crippen LogP contribution is 2.32. The Balaban J connectivity index is 2.00. The van der Waals surface area contributed by atoms with Crippen molar-refractivity contribution in [1.29, 1.82) is 0 Å². The molecule has 0 bridgehead atoms. The average Bonchev–Trinajstić information content (AvgIpc) is 2.35. The van der Waals surface area contributed by atoms with Crippen molar-refractivity contribution >= 4 is 11.7 Å². The molecule has 1 aromatic carbocycles. The topological polar surface area (TPSA) is 93.8 Å². The zero-order chi connectivity index (χ0) is 12.3. The number of anilines is 1. The minimum atomic E-state index is -1.03. The van der Waals surface area contributed by atoms with E-state index in [0.717, 1.165) is 5.69 Å². The number of benzene rings is 1. The van der Waals surface area contributed by atoms with E-state index in [1.165, 1.54) is 0 Å². The van der Waals surface area contributed by atoms with Gasteiger partial charge in [-0.2, -0.15) is 0 Å². The van der Waals surface area contributed by atoms with Crippen LogP contribution in [0.3, 0.4) is 0 Å². The van der Waals surface area contributed by atoms with Crippen molar-refractivity contribution in [2.24, 2.45) is 5.73 Å². The van der Waals surface area contributed by atoms with Crippen molar-refractivity contribution in [2.75, 3.05) is 25.1 Å². The smallest absolute Gasteiger partial charge is 0.322 e. The third-order valence-electron chi connectivity index (χ3n) is 2.39. The monoisotopic (exact) mass is 238 g/mol. The van der Waals surface area contributed by atoms with Crippen molar-refractivity contribution in [3.63, 3.8) is 0 Å². The molecule has 0 amide bonds. The van der Waals surface area contributed by atoms with Gasteiger partial charge in [-0.3, -0.25) is 4.79 Å². The summed E-state index contributed by atoms with van der Waals surface area (Å²) in [4.78, 5) is 10.5. The van der Waals surface area contributed by atoms with E-state index in [9.17, 15) is 4.79 Å². The van der Waals surface area contributed by atoms with Gasteiger partial charge in [0.2, 0.25) is 0 Å². The third-order valence-corrected chi connectivity index (χ3v) is 2.39. The molecule has 0 saturated carbocycles. The summed E-state index contributed by atoms with van der Waals surface area (Å²) in [6, 6.07) is 4.41. The lowest BCUT2D eigenvalue weighted by molar-refractivity contribution is -0.138. The van der Waals surface area contributed by atoms with Crippen LogP contribution in [0.1, 0.15) is 0 Å². The summed E-state index contributed by atoms with van der Waals surface area (Å²) in [6.45, 7) is 1.23. The fraction of sp³-hybridized carbons (Fsp3) is 0.364. The summed E-state index contributed by atoms with van der Waals surface area (Å²) in [6.07, 6.45) is 0. The maximum atomic E-state index is 10.5. The van der Waals surface area contributed by atoms with Gasteiger partial charge in [0.25, 0.3) is 0 Å². The van der Waals surface area contributed by atoms with Crippen molar-refractivity contribution in [1.82, 2.24) is 0 Å². The Morgan fingerprint density at radius 2 is 2.12 bits per heavy atom. The molecule has 1 heterocycles. The Labute approximate surface area is 98.3 Å². The molecule has 1 aromatic rings. The predicted molar refractivity (Wildman–Crippen MR) is 61.5 cm³/mol. The number of ether oxygens (including phenoxy) is 2. The minimum Gasteiger partial charge on any atom is -0.486 e. The van der Waals surface area contributed by atoms with E-state index >= 15 is 0 Å². The summed E-state index contributed by atoms with van der Waals surface area (Å²) < 4.78 is 10.8. The Bertz CT molecular complexity index is 422. The summed E-state index contributed by atoms with van der Waals surface area (Å²) in [5, 5.41) is 11.6. The van der Waals surface area contributed by atoms with Crippen LogP contribution < -0.4 is 20.5 Å². The van der Waals surface area contributed by atoms with Crippen LogP contribution in [0.4, 0.5) is 5.69 Å². The highest BCUT2D eigenvalue weighted by Gasteiger charge is 2.13. The van der Waals surface area contributed by atoms with Crippen LogP contribution in [-0.4, -0.2) is 36.9 Å². The molecule has 1 aliphatic heterocycles. The molecule has 0 aliphatic carbocycles.